The molecule has 0 atom stereocenters. The van der Waals surface area contributed by atoms with Gasteiger partial charge in [0, 0.05) is 32.7 Å². The van der Waals surface area contributed by atoms with Gasteiger partial charge in [-0.05, 0) is 18.4 Å². The largest absolute Gasteiger partial charge is 0.381 e. The van der Waals surface area contributed by atoms with E-state index in [-0.39, 0.29) is 5.78 Å². The van der Waals surface area contributed by atoms with E-state index in [1.54, 1.807) is 6.20 Å². The number of Topliss-reactive ketones (excluding diaryl/α,β-unsaturated/α-hetero) is 1. The molecule has 4 nitrogen and oxygen atoms in total. The fourth-order valence-electron chi connectivity index (χ4n) is 3.09. The van der Waals surface area contributed by atoms with Crippen molar-refractivity contribution in [1.82, 2.24) is 9.55 Å². The van der Waals surface area contributed by atoms with E-state index >= 15 is 0 Å². The van der Waals surface area contributed by atoms with E-state index in [4.69, 9.17) is 4.74 Å². The SMILES string of the molecule is Cn1ccnc1CC(=O)C1(c2ccccc2)CCOCC1. The third kappa shape index (κ3) is 2.63. The van der Waals surface area contributed by atoms with Gasteiger partial charge in [-0.3, -0.25) is 4.79 Å². The standard InChI is InChI=1S/C17H20N2O2/c1-19-10-9-18-16(19)13-15(20)17(7-11-21-12-8-17)14-5-3-2-4-6-14/h2-6,9-10H,7-8,11-13H2,1H3. The van der Waals surface area contributed by atoms with Crippen LogP contribution >= 0.6 is 0 Å². The Morgan fingerprint density at radius 3 is 2.62 bits per heavy atom. The number of hydrogen-bond acceptors (Lipinski definition) is 3. The molecular weight excluding hydrogens is 264 g/mol. The van der Waals surface area contributed by atoms with Crippen LogP contribution in [0.5, 0.6) is 0 Å². The molecule has 1 aliphatic rings. The smallest absolute Gasteiger partial charge is 0.151 e. The Bertz CT molecular complexity index is 613. The second kappa shape index (κ2) is 5.82. The van der Waals surface area contributed by atoms with Crippen molar-refractivity contribution in [3.8, 4) is 0 Å². The van der Waals surface area contributed by atoms with Gasteiger partial charge in [0.1, 0.15) is 5.82 Å². The van der Waals surface area contributed by atoms with Crippen LogP contribution in [0.15, 0.2) is 42.7 Å². The molecule has 0 N–H and O–H groups in total. The molecule has 0 saturated carbocycles. The summed E-state index contributed by atoms with van der Waals surface area (Å²) in [7, 11) is 1.93. The maximum absolute atomic E-state index is 13.0. The molecule has 0 unspecified atom stereocenters. The first-order valence-electron chi connectivity index (χ1n) is 7.35. The van der Waals surface area contributed by atoms with Gasteiger partial charge in [-0.15, -0.1) is 0 Å². The minimum atomic E-state index is -0.425. The van der Waals surface area contributed by atoms with Crippen molar-refractivity contribution in [3.63, 3.8) is 0 Å². The molecule has 110 valence electrons. The van der Waals surface area contributed by atoms with E-state index in [2.05, 4.69) is 17.1 Å². The van der Waals surface area contributed by atoms with E-state index < -0.39 is 5.41 Å². The van der Waals surface area contributed by atoms with Crippen LogP contribution in [-0.4, -0.2) is 28.5 Å². The maximum Gasteiger partial charge on any atom is 0.151 e. The number of rotatable bonds is 4. The lowest BCUT2D eigenvalue weighted by atomic mass is 9.70. The van der Waals surface area contributed by atoms with Gasteiger partial charge in [0.2, 0.25) is 0 Å². The van der Waals surface area contributed by atoms with Crippen molar-refractivity contribution in [3.05, 3.63) is 54.1 Å². The van der Waals surface area contributed by atoms with E-state index in [0.717, 1.165) is 24.2 Å². The Kier molecular flexibility index (Phi) is 3.88. The number of carbonyl (C=O) groups is 1. The number of nitrogens with zero attached hydrogens (tertiary/aromatic N) is 2. The Labute approximate surface area is 124 Å². The first-order chi connectivity index (χ1) is 10.2. The van der Waals surface area contributed by atoms with Crippen LogP contribution in [0.2, 0.25) is 0 Å². The summed E-state index contributed by atoms with van der Waals surface area (Å²) in [6.45, 7) is 1.28. The van der Waals surface area contributed by atoms with Gasteiger partial charge in [-0.2, -0.15) is 0 Å². The summed E-state index contributed by atoms with van der Waals surface area (Å²) in [5, 5.41) is 0. The molecule has 1 aromatic carbocycles. The van der Waals surface area contributed by atoms with E-state index in [1.165, 1.54) is 0 Å². The molecule has 0 spiro atoms. The molecule has 1 aromatic heterocycles. The zero-order chi connectivity index (χ0) is 14.7. The van der Waals surface area contributed by atoms with Gasteiger partial charge in [-0.1, -0.05) is 30.3 Å². The first kappa shape index (κ1) is 14.0. The third-order valence-corrected chi connectivity index (χ3v) is 4.45. The number of aryl methyl sites for hydroxylation is 1. The van der Waals surface area contributed by atoms with Crippen LogP contribution in [0.1, 0.15) is 24.2 Å². The Balaban J connectivity index is 1.92. The number of ketones is 1. The van der Waals surface area contributed by atoms with Gasteiger partial charge < -0.3 is 9.30 Å². The first-order valence-corrected chi connectivity index (χ1v) is 7.35. The van der Waals surface area contributed by atoms with E-state index in [1.807, 2.05) is 36.0 Å². The van der Waals surface area contributed by atoms with Crippen LogP contribution in [0.4, 0.5) is 0 Å². The molecular formula is C17H20N2O2. The Hall–Kier alpha value is -1.94. The van der Waals surface area contributed by atoms with Gasteiger partial charge in [0.25, 0.3) is 0 Å². The molecule has 3 rings (SSSR count). The van der Waals surface area contributed by atoms with Gasteiger partial charge >= 0.3 is 0 Å². The monoisotopic (exact) mass is 284 g/mol. The van der Waals surface area contributed by atoms with Crippen LogP contribution < -0.4 is 0 Å². The average molecular weight is 284 g/mol. The highest BCUT2D eigenvalue weighted by Gasteiger charge is 2.41. The molecule has 0 radical (unpaired) electrons. The number of ether oxygens (including phenoxy) is 1. The normalized spacial score (nSPS) is 17.6. The lowest BCUT2D eigenvalue weighted by molar-refractivity contribution is -0.127. The number of aromatic nitrogens is 2. The molecule has 0 aliphatic carbocycles. The molecule has 0 amide bonds. The maximum atomic E-state index is 13.0. The highest BCUT2D eigenvalue weighted by Crippen LogP contribution is 2.36. The Morgan fingerprint density at radius 2 is 2.00 bits per heavy atom. The summed E-state index contributed by atoms with van der Waals surface area (Å²) in [6.07, 6.45) is 5.49. The summed E-state index contributed by atoms with van der Waals surface area (Å²) in [5.74, 6) is 1.06. The number of benzene rings is 1. The van der Waals surface area contributed by atoms with Crippen LogP contribution in [0, 0.1) is 0 Å². The highest BCUT2D eigenvalue weighted by molar-refractivity contribution is 5.91. The zero-order valence-corrected chi connectivity index (χ0v) is 12.3. The summed E-state index contributed by atoms with van der Waals surface area (Å²) >= 11 is 0. The highest BCUT2D eigenvalue weighted by atomic mass is 16.5. The number of imidazole rings is 1. The molecule has 1 aliphatic heterocycles. The summed E-state index contributed by atoms with van der Waals surface area (Å²) < 4.78 is 7.39. The topological polar surface area (TPSA) is 44.1 Å². The van der Waals surface area contributed by atoms with Crippen molar-refractivity contribution in [2.75, 3.05) is 13.2 Å². The molecule has 21 heavy (non-hydrogen) atoms. The third-order valence-electron chi connectivity index (χ3n) is 4.45. The summed E-state index contributed by atoms with van der Waals surface area (Å²) in [4.78, 5) is 17.3. The van der Waals surface area contributed by atoms with Crippen LogP contribution in [-0.2, 0) is 28.4 Å². The summed E-state index contributed by atoms with van der Waals surface area (Å²) in [6, 6.07) is 10.1. The lowest BCUT2D eigenvalue weighted by Crippen LogP contribution is -2.42. The second-order valence-electron chi connectivity index (χ2n) is 5.61. The molecule has 2 heterocycles. The molecule has 1 fully saturated rings. The zero-order valence-electron chi connectivity index (χ0n) is 12.3. The predicted molar refractivity (Wildman–Crippen MR) is 80.1 cm³/mol. The molecule has 1 saturated heterocycles. The van der Waals surface area contributed by atoms with Gasteiger partial charge in [0.05, 0.1) is 11.8 Å². The van der Waals surface area contributed by atoms with Crippen LogP contribution in [0.25, 0.3) is 0 Å². The van der Waals surface area contributed by atoms with Crippen molar-refractivity contribution in [2.24, 2.45) is 7.05 Å². The quantitative estimate of drug-likeness (QED) is 0.865. The predicted octanol–water partition coefficient (Wildman–Crippen LogP) is 2.28. The van der Waals surface area contributed by atoms with Crippen molar-refractivity contribution in [1.29, 1.82) is 0 Å². The average Bonchev–Trinajstić information content (AvgIpc) is 2.94. The van der Waals surface area contributed by atoms with Gasteiger partial charge in [0.15, 0.2) is 5.78 Å². The minimum absolute atomic E-state index is 0.242. The Morgan fingerprint density at radius 1 is 1.29 bits per heavy atom. The van der Waals surface area contributed by atoms with Crippen LogP contribution in [0.3, 0.4) is 0 Å². The number of carbonyl (C=O) groups excluding carboxylic acids is 1. The van der Waals surface area contributed by atoms with Crippen molar-refractivity contribution in [2.45, 2.75) is 24.7 Å². The molecule has 0 bridgehead atoms. The number of hydrogen-bond donors (Lipinski definition) is 0. The lowest BCUT2D eigenvalue weighted by Gasteiger charge is -2.36. The van der Waals surface area contributed by atoms with Crippen molar-refractivity contribution >= 4 is 5.78 Å². The second-order valence-corrected chi connectivity index (χ2v) is 5.61. The summed E-state index contributed by atoms with van der Waals surface area (Å²) in [5.41, 5.74) is 0.679. The van der Waals surface area contributed by atoms with E-state index in [9.17, 15) is 4.79 Å². The van der Waals surface area contributed by atoms with E-state index in [0.29, 0.717) is 19.6 Å². The fourth-order valence-corrected chi connectivity index (χ4v) is 3.09. The molecule has 2 aromatic rings. The fraction of sp³-hybridized carbons (Fsp3) is 0.412. The van der Waals surface area contributed by atoms with Crippen molar-refractivity contribution < 1.29 is 9.53 Å². The minimum Gasteiger partial charge on any atom is -0.381 e. The van der Waals surface area contributed by atoms with Gasteiger partial charge in [-0.25, -0.2) is 4.98 Å². The molecule has 4 heteroatoms.